The van der Waals surface area contributed by atoms with E-state index in [9.17, 15) is 37.9 Å². The first-order valence-electron chi connectivity index (χ1n) is 24.6. The first-order chi connectivity index (χ1) is 29.0. The summed E-state index contributed by atoms with van der Waals surface area (Å²) in [5, 5.41) is 30.9. The average molecular weight is 879 g/mol. The molecule has 0 radical (unpaired) electrons. The van der Waals surface area contributed by atoms with E-state index in [2.05, 4.69) is 13.8 Å². The first-order valence-corrected chi connectivity index (χ1v) is 26.2. The Hall–Kier alpha value is -1.35. The number of hydrogen-bond acceptors (Lipinski definition) is 11. The second-order valence-electron chi connectivity index (χ2n) is 17.5. The van der Waals surface area contributed by atoms with Gasteiger partial charge in [-0.3, -0.25) is 14.1 Å². The highest BCUT2D eigenvalue weighted by Crippen LogP contribution is 2.24. The Bertz CT molecular complexity index is 1120. The molecule has 0 amide bonds. The average Bonchev–Trinajstić information content (AvgIpc) is 3.21. The molecule has 0 aromatic heterocycles. The fraction of sp³-hybridized carbons (Fsp3) is 0.957. The molecule has 0 aromatic rings. The van der Waals surface area contributed by atoms with Crippen LogP contribution in [0, 0.1) is 0 Å². The highest BCUT2D eigenvalue weighted by atomic mass is 32.2. The summed E-state index contributed by atoms with van der Waals surface area (Å²) in [5.41, 5.74) is 0. The molecule has 1 rings (SSSR count). The minimum atomic E-state index is -4.60. The highest BCUT2D eigenvalue weighted by molar-refractivity contribution is 7.85. The molecule has 0 bridgehead atoms. The molecule has 13 heteroatoms. The number of hydrogen-bond donors (Lipinski definition) is 4. The lowest BCUT2D eigenvalue weighted by molar-refractivity contribution is -0.297. The lowest BCUT2D eigenvalue weighted by atomic mass is 10.00. The zero-order valence-corrected chi connectivity index (χ0v) is 38.9. The first kappa shape index (κ1) is 56.7. The van der Waals surface area contributed by atoms with E-state index >= 15 is 0 Å². The fourth-order valence-electron chi connectivity index (χ4n) is 7.86. The number of unbranched alkanes of at least 4 members (excludes halogenated alkanes) is 30. The summed E-state index contributed by atoms with van der Waals surface area (Å²) in [4.78, 5) is 25.4. The lowest BCUT2D eigenvalue weighted by Crippen LogP contribution is -2.60. The molecule has 1 heterocycles. The fourth-order valence-corrected chi connectivity index (χ4v) is 8.55. The maximum absolute atomic E-state index is 12.8. The van der Waals surface area contributed by atoms with Crippen molar-refractivity contribution in [2.45, 2.75) is 269 Å². The molecule has 12 nitrogen and oxygen atoms in total. The Morgan fingerprint density at radius 2 is 0.850 bits per heavy atom. The summed E-state index contributed by atoms with van der Waals surface area (Å²) in [7, 11) is -4.60. The Morgan fingerprint density at radius 1 is 0.500 bits per heavy atom. The second-order valence-corrected chi connectivity index (χ2v) is 19.0. The van der Waals surface area contributed by atoms with Crippen LogP contribution in [0.2, 0.25) is 0 Å². The van der Waals surface area contributed by atoms with Gasteiger partial charge in [0.2, 0.25) is 0 Å². The largest absolute Gasteiger partial charge is 0.462 e. The van der Waals surface area contributed by atoms with Crippen LogP contribution in [0.3, 0.4) is 0 Å². The summed E-state index contributed by atoms with van der Waals surface area (Å²) in [6.07, 6.45) is 30.2. The van der Waals surface area contributed by atoms with E-state index in [-0.39, 0.29) is 19.4 Å². The van der Waals surface area contributed by atoms with Gasteiger partial charge in [0.1, 0.15) is 36.8 Å². The smallest absolute Gasteiger partial charge is 0.306 e. The van der Waals surface area contributed by atoms with Crippen molar-refractivity contribution in [1.29, 1.82) is 0 Å². The van der Waals surface area contributed by atoms with E-state index in [1.54, 1.807) is 0 Å². The van der Waals surface area contributed by atoms with Gasteiger partial charge >= 0.3 is 11.9 Å². The number of aliphatic hydroxyl groups excluding tert-OH is 3. The summed E-state index contributed by atoms with van der Waals surface area (Å²) in [6.45, 7) is 3.78. The molecular formula is C47H90O12S. The van der Waals surface area contributed by atoms with Crippen molar-refractivity contribution in [3.05, 3.63) is 0 Å². The van der Waals surface area contributed by atoms with Crippen LogP contribution >= 0.6 is 0 Å². The third-order valence-electron chi connectivity index (χ3n) is 11.7. The number of esters is 2. The van der Waals surface area contributed by atoms with Crippen LogP contribution < -0.4 is 0 Å². The van der Waals surface area contributed by atoms with Crippen molar-refractivity contribution >= 4 is 22.1 Å². The molecule has 0 saturated carbocycles. The van der Waals surface area contributed by atoms with E-state index in [0.717, 1.165) is 38.5 Å². The summed E-state index contributed by atoms with van der Waals surface area (Å²) in [5.74, 6) is -1.96. The van der Waals surface area contributed by atoms with Gasteiger partial charge in [0.25, 0.3) is 10.1 Å². The van der Waals surface area contributed by atoms with Crippen LogP contribution in [0.5, 0.6) is 0 Å². The standard InChI is InChI=1S/C47H90O12S/c1-3-5-7-9-11-13-15-16-17-18-19-20-21-22-23-24-25-26-28-30-32-34-36-43(49)58-40(37-56-42(48)35-33-31-29-27-14-12-10-8-6-4-2)38-57-47-46(52)45(51)44(50)41(59-47)39-60(53,54)55/h40-41,44-47,50-52H,3-39H2,1-2H3,(H,53,54,55)/t40-,41-,44-,45?,46?,47+/m1/s1. The maximum Gasteiger partial charge on any atom is 0.306 e. The molecule has 1 fully saturated rings. The van der Waals surface area contributed by atoms with Crippen LogP contribution in [-0.2, 0) is 38.7 Å². The second kappa shape index (κ2) is 38.1. The van der Waals surface area contributed by atoms with Crippen molar-refractivity contribution in [2.24, 2.45) is 0 Å². The minimum Gasteiger partial charge on any atom is -0.462 e. The molecule has 2 unspecified atom stereocenters. The summed E-state index contributed by atoms with van der Waals surface area (Å²) >= 11 is 0. The Morgan fingerprint density at radius 3 is 1.22 bits per heavy atom. The van der Waals surface area contributed by atoms with Crippen LogP contribution in [0.15, 0.2) is 0 Å². The van der Waals surface area contributed by atoms with Gasteiger partial charge in [-0.1, -0.05) is 206 Å². The normalized spacial score (nSPS) is 20.0. The predicted octanol–water partition coefficient (Wildman–Crippen LogP) is 10.5. The predicted molar refractivity (Wildman–Crippen MR) is 238 cm³/mol. The molecule has 0 aliphatic carbocycles. The van der Waals surface area contributed by atoms with Gasteiger partial charge in [0, 0.05) is 12.8 Å². The Kier molecular flexibility index (Phi) is 36.0. The zero-order chi connectivity index (χ0) is 44.1. The van der Waals surface area contributed by atoms with E-state index in [0.29, 0.717) is 12.8 Å². The molecule has 0 spiro atoms. The van der Waals surface area contributed by atoms with Gasteiger partial charge in [-0.15, -0.1) is 0 Å². The summed E-state index contributed by atoms with van der Waals surface area (Å²) < 4.78 is 54.1. The number of carbonyl (C=O) groups is 2. The van der Waals surface area contributed by atoms with E-state index < -0.39 is 71.2 Å². The van der Waals surface area contributed by atoms with E-state index in [1.807, 2.05) is 0 Å². The number of aliphatic hydroxyl groups is 3. The van der Waals surface area contributed by atoms with Gasteiger partial charge in [-0.2, -0.15) is 8.42 Å². The van der Waals surface area contributed by atoms with Crippen molar-refractivity contribution in [3.63, 3.8) is 0 Å². The van der Waals surface area contributed by atoms with E-state index in [4.69, 9.17) is 18.9 Å². The third kappa shape index (κ3) is 32.3. The lowest BCUT2D eigenvalue weighted by Gasteiger charge is -2.40. The molecule has 356 valence electrons. The van der Waals surface area contributed by atoms with E-state index in [1.165, 1.54) is 154 Å². The van der Waals surface area contributed by atoms with Crippen molar-refractivity contribution in [2.75, 3.05) is 19.0 Å². The summed E-state index contributed by atoms with van der Waals surface area (Å²) in [6, 6.07) is 0. The molecule has 0 aromatic carbocycles. The Labute approximate surface area is 365 Å². The van der Waals surface area contributed by atoms with Crippen LogP contribution in [0.4, 0.5) is 0 Å². The van der Waals surface area contributed by atoms with Crippen LogP contribution in [-0.4, -0.2) is 96.0 Å². The van der Waals surface area contributed by atoms with Gasteiger partial charge < -0.3 is 34.3 Å². The van der Waals surface area contributed by atoms with Gasteiger partial charge in [0.05, 0.1) is 6.61 Å². The number of rotatable bonds is 42. The highest BCUT2D eigenvalue weighted by Gasteiger charge is 2.46. The quantitative estimate of drug-likeness (QED) is 0.0259. The molecule has 4 N–H and O–H groups in total. The topological polar surface area (TPSA) is 186 Å². The van der Waals surface area contributed by atoms with Crippen molar-refractivity contribution in [1.82, 2.24) is 0 Å². The van der Waals surface area contributed by atoms with Gasteiger partial charge in [0.15, 0.2) is 12.4 Å². The molecule has 1 aliphatic heterocycles. The molecular weight excluding hydrogens is 789 g/mol. The van der Waals surface area contributed by atoms with Crippen molar-refractivity contribution < 1.29 is 56.8 Å². The van der Waals surface area contributed by atoms with Gasteiger partial charge in [-0.05, 0) is 12.8 Å². The molecule has 1 saturated heterocycles. The van der Waals surface area contributed by atoms with Crippen LogP contribution in [0.1, 0.15) is 232 Å². The Balaban J connectivity index is 2.32. The molecule has 6 atom stereocenters. The zero-order valence-electron chi connectivity index (χ0n) is 38.1. The third-order valence-corrected chi connectivity index (χ3v) is 12.4. The number of carbonyl (C=O) groups excluding carboxylic acids is 2. The van der Waals surface area contributed by atoms with Gasteiger partial charge in [-0.25, -0.2) is 0 Å². The SMILES string of the molecule is CCCCCCCCCCCCCCCCCCCCCCCCC(=O)O[C@H](COC(=O)CCCCCCCCCCCC)CO[C@H]1O[C@H](CS(=O)(=O)O)[C@@H](O)C(O)C1O. The minimum absolute atomic E-state index is 0.173. The molecule has 1 aliphatic rings. The maximum atomic E-state index is 12.8. The monoisotopic (exact) mass is 879 g/mol. The van der Waals surface area contributed by atoms with Crippen LogP contribution in [0.25, 0.3) is 0 Å². The molecule has 60 heavy (non-hydrogen) atoms. The van der Waals surface area contributed by atoms with Crippen molar-refractivity contribution in [3.8, 4) is 0 Å². The number of ether oxygens (including phenoxy) is 4.